The summed E-state index contributed by atoms with van der Waals surface area (Å²) in [6, 6.07) is 8.43. The minimum atomic E-state index is -5.17. The van der Waals surface area contributed by atoms with E-state index in [0.29, 0.717) is 34.0 Å². The molecule has 31 heavy (non-hydrogen) atoms. The van der Waals surface area contributed by atoms with Crippen LogP contribution in [0.4, 0.5) is 5.82 Å². The Morgan fingerprint density at radius 1 is 1.32 bits per heavy atom. The zero-order valence-corrected chi connectivity index (χ0v) is 18.6. The Morgan fingerprint density at radius 2 is 2.00 bits per heavy atom. The number of allylic oxidation sites excluding steroid dienone is 1. The Morgan fingerprint density at radius 3 is 2.58 bits per heavy atom. The second-order valence-corrected chi connectivity index (χ2v) is 8.58. The third-order valence-electron chi connectivity index (χ3n) is 4.12. The summed E-state index contributed by atoms with van der Waals surface area (Å²) >= 11 is 0.821. The first-order valence-corrected chi connectivity index (χ1v) is 11.3. The molecule has 0 saturated carbocycles. The molecule has 0 aliphatic rings. The first-order chi connectivity index (χ1) is 14.6. The second kappa shape index (κ2) is 11.2. The van der Waals surface area contributed by atoms with Crippen molar-refractivity contribution in [3.8, 4) is 0 Å². The van der Waals surface area contributed by atoms with Crippen LogP contribution in [0.2, 0.25) is 0 Å². The van der Waals surface area contributed by atoms with Crippen LogP contribution in [0.25, 0.3) is 0 Å². The number of amides is 1. The molecule has 2 aromatic rings. The second-order valence-electron chi connectivity index (χ2n) is 6.36. The normalized spacial score (nSPS) is 12.3. The van der Waals surface area contributed by atoms with E-state index in [-0.39, 0.29) is 23.9 Å². The molecule has 1 aromatic heterocycles. The van der Waals surface area contributed by atoms with Crippen molar-refractivity contribution >= 4 is 36.9 Å². The van der Waals surface area contributed by atoms with Gasteiger partial charge in [-0.1, -0.05) is 30.3 Å². The summed E-state index contributed by atoms with van der Waals surface area (Å²) in [5.74, 6) is 0.691. The number of rotatable bonds is 10. The number of nitrogen functional groups attached to an aromatic ring is 1. The van der Waals surface area contributed by atoms with Crippen LogP contribution < -0.4 is 15.5 Å². The molecule has 0 spiro atoms. The van der Waals surface area contributed by atoms with Gasteiger partial charge >= 0.3 is 0 Å². The molecule has 1 aromatic carbocycles. The average Bonchev–Trinajstić information content (AvgIpc) is 2.71. The lowest BCUT2D eigenvalue weighted by Gasteiger charge is -2.29. The van der Waals surface area contributed by atoms with Gasteiger partial charge in [0, 0.05) is 34.3 Å². The molecular weight excluding hydrogens is 443 g/mol. The number of anilines is 1. The number of aromatic nitrogens is 2. The molecule has 0 unspecified atom stereocenters. The van der Waals surface area contributed by atoms with E-state index in [1.807, 2.05) is 0 Å². The molecule has 166 valence electrons. The van der Waals surface area contributed by atoms with E-state index < -0.39 is 14.4 Å². The summed E-state index contributed by atoms with van der Waals surface area (Å²) in [5.41, 5.74) is 7.19. The van der Waals surface area contributed by atoms with Crippen LogP contribution in [0.1, 0.15) is 35.1 Å². The number of nitrogens with two attached hydrogens (primary N) is 1. The molecule has 0 aliphatic heterocycles. The highest BCUT2D eigenvalue weighted by Crippen LogP contribution is 2.32. The van der Waals surface area contributed by atoms with Crippen LogP contribution >= 0.6 is 19.6 Å². The highest BCUT2D eigenvalue weighted by molar-refractivity contribution is 8.17. The van der Waals surface area contributed by atoms with Crippen LogP contribution in [0.5, 0.6) is 0 Å². The molecule has 0 aliphatic carbocycles. The van der Waals surface area contributed by atoms with Gasteiger partial charge in [-0.2, -0.15) is 0 Å². The first-order valence-electron chi connectivity index (χ1n) is 9.04. The molecule has 0 fully saturated rings. The van der Waals surface area contributed by atoms with Crippen molar-refractivity contribution in [2.75, 3.05) is 12.3 Å². The lowest BCUT2D eigenvalue weighted by atomic mass is 10.2. The van der Waals surface area contributed by atoms with E-state index >= 15 is 0 Å². The summed E-state index contributed by atoms with van der Waals surface area (Å²) < 4.78 is 15.1. The molecule has 0 saturated heterocycles. The maximum Gasteiger partial charge on any atom is 0.223 e. The number of phosphoric ester groups is 1. The van der Waals surface area contributed by atoms with Crippen LogP contribution in [-0.4, -0.2) is 33.0 Å². The quantitative estimate of drug-likeness (QED) is 0.401. The predicted molar refractivity (Wildman–Crippen MR) is 112 cm³/mol. The molecule has 0 radical (unpaired) electrons. The molecule has 1 amide bonds. The van der Waals surface area contributed by atoms with Gasteiger partial charge < -0.3 is 29.5 Å². The number of hydrogen-bond donors (Lipinski definition) is 1. The number of benzene rings is 1. The summed E-state index contributed by atoms with van der Waals surface area (Å²) in [5, 5.41) is -0.314. The van der Waals surface area contributed by atoms with Gasteiger partial charge in [0.05, 0.1) is 21.0 Å². The smallest absolute Gasteiger partial charge is 0.223 e. The fourth-order valence-corrected chi connectivity index (χ4v) is 3.76. The Bertz CT molecular complexity index is 1010. The zero-order chi connectivity index (χ0) is 23.0. The molecule has 2 N–H and O–H groups in total. The average molecular weight is 464 g/mol. The van der Waals surface area contributed by atoms with Crippen molar-refractivity contribution < 1.29 is 28.5 Å². The van der Waals surface area contributed by atoms with Crippen molar-refractivity contribution in [3.63, 3.8) is 0 Å². The van der Waals surface area contributed by atoms with Crippen LogP contribution in [0.15, 0.2) is 47.1 Å². The van der Waals surface area contributed by atoms with Gasteiger partial charge in [0.15, 0.2) is 0 Å². The molecule has 10 nitrogen and oxygen atoms in total. The Labute approximate surface area is 183 Å². The summed E-state index contributed by atoms with van der Waals surface area (Å²) in [6.45, 7) is 2.84. The van der Waals surface area contributed by atoms with Gasteiger partial charge in [0.25, 0.3) is 0 Å². The van der Waals surface area contributed by atoms with Crippen molar-refractivity contribution in [1.82, 2.24) is 14.9 Å². The van der Waals surface area contributed by atoms with Crippen molar-refractivity contribution in [2.45, 2.75) is 26.8 Å². The van der Waals surface area contributed by atoms with Crippen LogP contribution in [0.3, 0.4) is 0 Å². The van der Waals surface area contributed by atoms with E-state index in [1.54, 1.807) is 44.2 Å². The van der Waals surface area contributed by atoms with Gasteiger partial charge in [-0.05, 0) is 25.6 Å². The summed E-state index contributed by atoms with van der Waals surface area (Å²) in [7, 11) is -5.17. The summed E-state index contributed by atoms with van der Waals surface area (Å²) in [4.78, 5) is 55.8. The molecular formula is C19H21N4O6PS-2. The Kier molecular flexibility index (Phi) is 8.90. The highest BCUT2D eigenvalue weighted by Gasteiger charge is 2.18. The number of hydrogen-bond acceptors (Lipinski definition) is 10. The minimum Gasteiger partial charge on any atom is -0.790 e. The third-order valence-corrected chi connectivity index (χ3v) is 5.79. The molecule has 0 atom stereocenters. The molecule has 12 heteroatoms. The standard InChI is InChI=1S/C19H23N4O6PS/c1-13(23(12-24)11-16-10-21-14(2)22-18(16)20)17(8-9-29-30(26,27)28)31-19(25)15-6-4-3-5-7-15/h3-7,10,12H,8-9,11H2,1-2H3,(H2,20,21,22)(H2,26,27,28)/p-2/b17-13-. The van der Waals surface area contributed by atoms with Gasteiger partial charge in [-0.3, -0.25) is 9.59 Å². The maximum atomic E-state index is 12.6. The Hall–Kier alpha value is -2.56. The number of carbonyl (C=O) groups excluding carboxylic acids is 2. The maximum absolute atomic E-state index is 12.6. The molecule has 1 heterocycles. The zero-order valence-electron chi connectivity index (χ0n) is 16.9. The van der Waals surface area contributed by atoms with E-state index in [1.165, 1.54) is 11.1 Å². The minimum absolute atomic E-state index is 0.0352. The number of nitrogens with zero attached hydrogens (tertiary/aromatic N) is 3. The van der Waals surface area contributed by atoms with Crippen molar-refractivity contribution in [1.29, 1.82) is 0 Å². The van der Waals surface area contributed by atoms with E-state index in [4.69, 9.17) is 5.73 Å². The van der Waals surface area contributed by atoms with Gasteiger partial charge in [-0.25, -0.2) is 9.97 Å². The topological polar surface area (TPSA) is 162 Å². The number of carbonyl (C=O) groups is 2. The predicted octanol–water partition coefficient (Wildman–Crippen LogP) is 1.37. The number of aryl methyl sites for hydroxylation is 1. The lowest BCUT2D eigenvalue weighted by molar-refractivity contribution is -0.341. The summed E-state index contributed by atoms with van der Waals surface area (Å²) in [6.07, 6.45) is 1.97. The fourth-order valence-electron chi connectivity index (χ4n) is 2.51. The van der Waals surface area contributed by atoms with E-state index in [9.17, 15) is 23.9 Å². The highest BCUT2D eigenvalue weighted by atomic mass is 32.2. The van der Waals surface area contributed by atoms with Crippen LogP contribution in [-0.2, 0) is 20.4 Å². The third kappa shape index (κ3) is 7.89. The SMILES string of the molecule is C/C(=C(\CCOP(=O)([O-])[O-])SC(=O)c1ccccc1)N(C=O)Cc1cnc(C)nc1N. The fraction of sp³-hybridized carbons (Fsp3) is 0.263. The van der Waals surface area contributed by atoms with Crippen LogP contribution in [0, 0.1) is 6.92 Å². The van der Waals surface area contributed by atoms with E-state index in [0.717, 1.165) is 11.8 Å². The van der Waals surface area contributed by atoms with Crippen molar-refractivity contribution in [3.05, 3.63) is 64.1 Å². The molecule has 2 rings (SSSR count). The van der Waals surface area contributed by atoms with E-state index in [2.05, 4.69) is 14.5 Å². The number of thioether (sulfide) groups is 1. The first kappa shape index (κ1) is 24.7. The monoisotopic (exact) mass is 464 g/mol. The van der Waals surface area contributed by atoms with Crippen molar-refractivity contribution in [2.24, 2.45) is 0 Å². The van der Waals surface area contributed by atoms with Gasteiger partial charge in [0.1, 0.15) is 11.6 Å². The number of phosphoric acid groups is 1. The van der Waals surface area contributed by atoms with Gasteiger partial charge in [-0.15, -0.1) is 0 Å². The largest absolute Gasteiger partial charge is 0.790 e. The lowest BCUT2D eigenvalue weighted by Crippen LogP contribution is -2.22. The molecule has 0 bridgehead atoms. The van der Waals surface area contributed by atoms with Gasteiger partial charge in [0.2, 0.25) is 11.5 Å². The Balaban J connectivity index is 2.30.